The van der Waals surface area contributed by atoms with E-state index in [1.54, 1.807) is 0 Å². The molecule has 0 aromatic heterocycles. The summed E-state index contributed by atoms with van der Waals surface area (Å²) in [4.78, 5) is 13.5. The van der Waals surface area contributed by atoms with E-state index in [0.717, 1.165) is 6.54 Å². The third-order valence-corrected chi connectivity index (χ3v) is 2.48. The molecule has 4 nitrogen and oxygen atoms in total. The number of methoxy groups -OCH3 is 1. The highest BCUT2D eigenvalue weighted by Crippen LogP contribution is 2.28. The molecule has 1 unspecified atom stereocenters. The maximum Gasteiger partial charge on any atom is 0.324 e. The molecule has 0 amide bonds. The number of rotatable bonds is 5. The van der Waals surface area contributed by atoms with Gasteiger partial charge in [-0.15, -0.1) is 0 Å². The first-order chi connectivity index (χ1) is 6.24. The minimum atomic E-state index is -0.248. The van der Waals surface area contributed by atoms with E-state index in [-0.39, 0.29) is 12.0 Å². The number of nitrogens with two attached hydrogens (primary N) is 1. The van der Waals surface area contributed by atoms with Crippen LogP contribution in [0.25, 0.3) is 0 Å². The van der Waals surface area contributed by atoms with Gasteiger partial charge in [0.15, 0.2) is 0 Å². The van der Waals surface area contributed by atoms with Gasteiger partial charge < -0.3 is 10.5 Å². The second kappa shape index (κ2) is 4.58. The lowest BCUT2D eigenvalue weighted by molar-refractivity contribution is -0.146. The monoisotopic (exact) mass is 186 g/mol. The molecule has 0 aliphatic heterocycles. The molecule has 1 aliphatic rings. The highest BCUT2D eigenvalue weighted by atomic mass is 16.5. The molecule has 0 bridgehead atoms. The second-order valence-electron chi connectivity index (χ2n) is 3.34. The largest absolute Gasteiger partial charge is 0.468 e. The maximum absolute atomic E-state index is 11.3. The SMILES string of the molecule is CCN(C1CC1)C(CN)C(=O)OC. The van der Waals surface area contributed by atoms with Crippen LogP contribution in [0, 0.1) is 0 Å². The second-order valence-corrected chi connectivity index (χ2v) is 3.34. The van der Waals surface area contributed by atoms with Crippen LogP contribution in [0.15, 0.2) is 0 Å². The topological polar surface area (TPSA) is 55.6 Å². The summed E-state index contributed by atoms with van der Waals surface area (Å²) < 4.78 is 4.70. The van der Waals surface area contributed by atoms with E-state index in [4.69, 9.17) is 10.5 Å². The molecule has 0 radical (unpaired) electrons. The Morgan fingerprint density at radius 3 is 2.62 bits per heavy atom. The average molecular weight is 186 g/mol. The Kier molecular flexibility index (Phi) is 3.69. The fourth-order valence-electron chi connectivity index (χ4n) is 1.64. The molecule has 76 valence electrons. The summed E-state index contributed by atoms with van der Waals surface area (Å²) in [5.74, 6) is -0.212. The Morgan fingerprint density at radius 2 is 2.31 bits per heavy atom. The molecule has 13 heavy (non-hydrogen) atoms. The van der Waals surface area contributed by atoms with Crippen molar-refractivity contribution < 1.29 is 9.53 Å². The van der Waals surface area contributed by atoms with Gasteiger partial charge in [0.05, 0.1) is 7.11 Å². The smallest absolute Gasteiger partial charge is 0.324 e. The van der Waals surface area contributed by atoms with Gasteiger partial charge >= 0.3 is 5.97 Å². The van der Waals surface area contributed by atoms with Crippen LogP contribution < -0.4 is 5.73 Å². The van der Waals surface area contributed by atoms with Gasteiger partial charge in [0, 0.05) is 12.6 Å². The minimum absolute atomic E-state index is 0.212. The van der Waals surface area contributed by atoms with Crippen molar-refractivity contribution in [1.29, 1.82) is 0 Å². The zero-order valence-electron chi connectivity index (χ0n) is 8.32. The van der Waals surface area contributed by atoms with Crippen molar-refractivity contribution in [2.24, 2.45) is 5.73 Å². The molecule has 0 heterocycles. The third-order valence-electron chi connectivity index (χ3n) is 2.48. The Hall–Kier alpha value is -0.610. The number of nitrogens with zero attached hydrogens (tertiary/aromatic N) is 1. The summed E-state index contributed by atoms with van der Waals surface area (Å²) in [6, 6.07) is 0.306. The predicted molar refractivity (Wildman–Crippen MR) is 50.3 cm³/mol. The number of esters is 1. The molecule has 0 aromatic carbocycles. The fraction of sp³-hybridized carbons (Fsp3) is 0.889. The maximum atomic E-state index is 11.3. The van der Waals surface area contributed by atoms with E-state index >= 15 is 0 Å². The lowest BCUT2D eigenvalue weighted by Gasteiger charge is -2.27. The van der Waals surface area contributed by atoms with Gasteiger partial charge in [-0.1, -0.05) is 6.92 Å². The normalized spacial score (nSPS) is 18.8. The number of hydrogen-bond donors (Lipinski definition) is 1. The van der Waals surface area contributed by atoms with Gasteiger partial charge in [0.2, 0.25) is 0 Å². The van der Waals surface area contributed by atoms with E-state index in [9.17, 15) is 4.79 Å². The van der Waals surface area contributed by atoms with Crippen LogP contribution in [0.5, 0.6) is 0 Å². The molecule has 1 fully saturated rings. The molecule has 4 heteroatoms. The van der Waals surface area contributed by atoms with E-state index in [1.807, 2.05) is 6.92 Å². The summed E-state index contributed by atoms with van der Waals surface area (Å²) >= 11 is 0. The first-order valence-electron chi connectivity index (χ1n) is 4.78. The number of likely N-dealkylation sites (N-methyl/N-ethyl adjacent to an activating group) is 1. The van der Waals surface area contributed by atoms with Gasteiger partial charge in [-0.05, 0) is 19.4 Å². The van der Waals surface area contributed by atoms with Crippen molar-refractivity contribution in [3.05, 3.63) is 0 Å². The van der Waals surface area contributed by atoms with E-state index in [1.165, 1.54) is 20.0 Å². The summed E-state index contributed by atoms with van der Waals surface area (Å²) in [7, 11) is 1.41. The number of carbonyl (C=O) groups is 1. The molecule has 2 N–H and O–H groups in total. The summed E-state index contributed by atoms with van der Waals surface area (Å²) in [6.07, 6.45) is 2.36. The fourth-order valence-corrected chi connectivity index (χ4v) is 1.64. The van der Waals surface area contributed by atoms with E-state index in [2.05, 4.69) is 4.90 Å². The van der Waals surface area contributed by atoms with Crippen LogP contribution in [-0.2, 0) is 9.53 Å². The summed E-state index contributed by atoms with van der Waals surface area (Å²) in [5.41, 5.74) is 5.55. The van der Waals surface area contributed by atoms with Crippen LogP contribution in [-0.4, -0.2) is 43.2 Å². The zero-order valence-corrected chi connectivity index (χ0v) is 8.32. The van der Waals surface area contributed by atoms with Crippen molar-refractivity contribution in [1.82, 2.24) is 4.90 Å². The van der Waals surface area contributed by atoms with Crippen molar-refractivity contribution in [2.45, 2.75) is 31.8 Å². The molecule has 1 rings (SSSR count). The lowest BCUT2D eigenvalue weighted by atomic mass is 10.2. The van der Waals surface area contributed by atoms with Crippen molar-refractivity contribution in [2.75, 3.05) is 20.2 Å². The van der Waals surface area contributed by atoms with E-state index < -0.39 is 0 Å². The molecular weight excluding hydrogens is 168 g/mol. The highest BCUT2D eigenvalue weighted by Gasteiger charge is 2.35. The quantitative estimate of drug-likeness (QED) is 0.613. The number of carbonyl (C=O) groups excluding carboxylic acids is 1. The van der Waals surface area contributed by atoms with E-state index in [0.29, 0.717) is 12.6 Å². The van der Waals surface area contributed by atoms with Crippen LogP contribution in [0.3, 0.4) is 0 Å². The first-order valence-corrected chi connectivity index (χ1v) is 4.78. The first kappa shape index (κ1) is 10.5. The molecule has 1 aliphatic carbocycles. The lowest BCUT2D eigenvalue weighted by Crippen LogP contribution is -2.47. The third kappa shape index (κ3) is 2.42. The van der Waals surface area contributed by atoms with Crippen LogP contribution in [0.4, 0.5) is 0 Å². The molecule has 0 saturated heterocycles. The van der Waals surface area contributed by atoms with Crippen molar-refractivity contribution >= 4 is 5.97 Å². The molecule has 0 spiro atoms. The summed E-state index contributed by atoms with van der Waals surface area (Å²) in [5, 5.41) is 0. The summed E-state index contributed by atoms with van der Waals surface area (Å²) in [6.45, 7) is 3.25. The van der Waals surface area contributed by atoms with Crippen molar-refractivity contribution in [3.63, 3.8) is 0 Å². The van der Waals surface area contributed by atoms with Crippen LogP contribution in [0.2, 0.25) is 0 Å². The predicted octanol–water partition coefficient (Wildman–Crippen LogP) is -0.0290. The zero-order chi connectivity index (χ0) is 9.84. The van der Waals surface area contributed by atoms with Gasteiger partial charge in [0.25, 0.3) is 0 Å². The number of ether oxygens (including phenoxy) is 1. The van der Waals surface area contributed by atoms with Crippen LogP contribution in [0.1, 0.15) is 19.8 Å². The Labute approximate surface area is 79.0 Å². The van der Waals surface area contributed by atoms with Gasteiger partial charge in [-0.3, -0.25) is 9.69 Å². The Morgan fingerprint density at radius 1 is 1.69 bits per heavy atom. The Balaban J connectivity index is 2.55. The highest BCUT2D eigenvalue weighted by molar-refractivity contribution is 5.76. The van der Waals surface area contributed by atoms with Gasteiger partial charge in [0.1, 0.15) is 6.04 Å². The standard InChI is InChI=1S/C9H18N2O2/c1-3-11(7-4-5-7)8(6-10)9(12)13-2/h7-8H,3-6,10H2,1-2H3. The van der Waals surface area contributed by atoms with Crippen molar-refractivity contribution in [3.8, 4) is 0 Å². The number of hydrogen-bond acceptors (Lipinski definition) is 4. The molecule has 0 aromatic rings. The van der Waals surface area contributed by atoms with Gasteiger partial charge in [-0.25, -0.2) is 0 Å². The molecule has 1 atom stereocenters. The molecule has 1 saturated carbocycles. The average Bonchev–Trinajstić information content (AvgIpc) is 2.96. The molecular formula is C9H18N2O2. The Bertz CT molecular complexity index is 180. The van der Waals surface area contributed by atoms with Gasteiger partial charge in [-0.2, -0.15) is 0 Å². The van der Waals surface area contributed by atoms with Crippen LogP contribution >= 0.6 is 0 Å². The minimum Gasteiger partial charge on any atom is -0.468 e.